The van der Waals surface area contributed by atoms with Crippen LogP contribution in [0.25, 0.3) is 11.0 Å². The van der Waals surface area contributed by atoms with Crippen LogP contribution in [-0.4, -0.2) is 29.9 Å². The summed E-state index contributed by atoms with van der Waals surface area (Å²) >= 11 is 0. The minimum Gasteiger partial charge on any atom is -0.345 e. The van der Waals surface area contributed by atoms with Gasteiger partial charge in [0.15, 0.2) is 5.82 Å². The number of pyridine rings is 1. The predicted molar refractivity (Wildman–Crippen MR) is 98.3 cm³/mol. The maximum absolute atomic E-state index is 15.2. The first-order valence-electron chi connectivity index (χ1n) is 10.9. The molecule has 0 aliphatic heterocycles. The summed E-state index contributed by atoms with van der Waals surface area (Å²) in [6.45, 7) is -2.02. The zero-order chi connectivity index (χ0) is 25.9. The molecular weight excluding hydrogens is 376 g/mol. The zero-order valence-corrected chi connectivity index (χ0v) is 14.5. The summed E-state index contributed by atoms with van der Waals surface area (Å²) in [5, 5.41) is 0.247. The van der Waals surface area contributed by atoms with Crippen molar-refractivity contribution in [1.29, 1.82) is 0 Å². The number of hydrogen-bond donors (Lipinski definition) is 2. The topological polar surface area (TPSA) is 91.9 Å². The number of carbonyl (C=O) groups excluding carboxylic acids is 1. The van der Waals surface area contributed by atoms with E-state index in [1.54, 1.807) is 13.0 Å². The van der Waals surface area contributed by atoms with E-state index in [0.29, 0.717) is 17.7 Å². The number of ketones is 1. The lowest BCUT2D eigenvalue weighted by Crippen LogP contribution is -2.18. The molecule has 142 valence electrons. The Hall–Kier alpha value is -2.81. The number of nitrogens with one attached hydrogen (secondary N) is 2. The van der Waals surface area contributed by atoms with E-state index in [4.69, 9.17) is 9.60 Å². The highest BCUT2D eigenvalue weighted by Gasteiger charge is 2.25. The molecule has 0 aliphatic carbocycles. The molecule has 27 heavy (non-hydrogen) atoms. The van der Waals surface area contributed by atoms with Crippen LogP contribution in [-0.2, 0) is 10.0 Å². The number of fused-ring (bicyclic) bond motifs is 1. The first-order chi connectivity index (χ1) is 15.4. The van der Waals surface area contributed by atoms with Crippen LogP contribution in [0.3, 0.4) is 0 Å². The fourth-order valence-electron chi connectivity index (χ4n) is 2.51. The lowest BCUT2D eigenvalue weighted by atomic mass is 10.0. The van der Waals surface area contributed by atoms with Crippen molar-refractivity contribution in [2.75, 3.05) is 10.4 Å². The van der Waals surface area contributed by atoms with Crippen molar-refractivity contribution in [3.8, 4) is 0 Å². The number of sulfonamides is 1. The molecule has 2 heterocycles. The monoisotopic (exact) mass is 400 g/mol. The number of aryl methyl sites for hydroxylation is 1. The number of hydrogen-bond acceptors (Lipinski definition) is 4. The van der Waals surface area contributed by atoms with E-state index in [1.807, 2.05) is 0 Å². The number of rotatable bonds is 6. The second-order valence-corrected chi connectivity index (χ2v) is 6.97. The predicted octanol–water partition coefficient (Wildman–Crippen LogP) is 3.53. The first-order valence-corrected chi connectivity index (χ1v) is 8.89. The van der Waals surface area contributed by atoms with E-state index in [-0.39, 0.29) is 16.6 Å². The highest BCUT2D eigenvalue weighted by molar-refractivity contribution is 7.92. The smallest absolute Gasteiger partial charge is 0.232 e. The van der Waals surface area contributed by atoms with Gasteiger partial charge in [0, 0.05) is 32.9 Å². The molecule has 0 bridgehead atoms. The van der Waals surface area contributed by atoms with E-state index in [2.05, 4.69) is 9.97 Å². The Balaban J connectivity index is 2.08. The van der Waals surface area contributed by atoms with Crippen LogP contribution in [0.4, 0.5) is 14.5 Å². The maximum atomic E-state index is 15.2. The normalized spacial score (nSPS) is 17.1. The van der Waals surface area contributed by atoms with Gasteiger partial charge >= 0.3 is 0 Å². The molecule has 6 nitrogen and oxygen atoms in total. The van der Waals surface area contributed by atoms with Crippen LogP contribution in [0.5, 0.6) is 0 Å². The van der Waals surface area contributed by atoms with E-state index in [1.165, 1.54) is 17.1 Å². The van der Waals surface area contributed by atoms with Crippen molar-refractivity contribution in [3.05, 3.63) is 58.9 Å². The summed E-state index contributed by atoms with van der Waals surface area (Å²) in [5.41, 5.74) is -5.58. The second-order valence-electron chi connectivity index (χ2n) is 5.56. The number of benzene rings is 1. The third-order valence-electron chi connectivity index (χ3n) is 3.66. The summed E-state index contributed by atoms with van der Waals surface area (Å²) in [6.07, 6.45) is -1.25. The molecule has 0 atom stereocenters. The molecule has 3 aromatic rings. The minimum atomic E-state index is -5.57. The largest absolute Gasteiger partial charge is 0.345 e. The van der Waals surface area contributed by atoms with Crippen molar-refractivity contribution in [3.63, 3.8) is 0 Å². The molecule has 0 aliphatic rings. The molecule has 0 spiro atoms. The SMILES string of the molecule is [2H]C([2H])([2H])C([2H])([2H])C([2H])([2H])S(=O)(=O)Nc1ccc(F)c(C(=O)c2c[nH]c3ncc(C)cc23)c1F. The Morgan fingerprint density at radius 1 is 1.41 bits per heavy atom. The standard InChI is InChI=1S/C18H17F2N3O3S/c1-3-6-27(25,26)23-14-5-4-13(19)15(16(14)20)17(24)12-9-22-18-11(12)7-10(2)8-21-18/h4-5,7-9,23H,3,6H2,1-2H3,(H,21,22)/i1D3,3D2,6D2. The number of carbonyl (C=O) groups is 1. The van der Waals surface area contributed by atoms with Crippen molar-refractivity contribution in [1.82, 2.24) is 9.97 Å². The molecule has 2 aromatic heterocycles. The molecule has 0 unspecified atom stereocenters. The number of anilines is 1. The summed E-state index contributed by atoms with van der Waals surface area (Å²) in [6, 6.07) is 2.65. The summed E-state index contributed by atoms with van der Waals surface area (Å²) in [7, 11) is -5.57. The third-order valence-corrected chi connectivity index (χ3v) is 4.52. The van der Waals surface area contributed by atoms with Gasteiger partial charge in [-0.3, -0.25) is 9.52 Å². The highest BCUT2D eigenvalue weighted by Crippen LogP contribution is 2.27. The third kappa shape index (κ3) is 3.68. The van der Waals surface area contributed by atoms with Gasteiger partial charge in [0.2, 0.25) is 15.8 Å². The van der Waals surface area contributed by atoms with Crippen molar-refractivity contribution in [2.24, 2.45) is 0 Å². The van der Waals surface area contributed by atoms with Gasteiger partial charge in [-0.1, -0.05) is 6.85 Å². The lowest BCUT2D eigenvalue weighted by molar-refractivity contribution is 0.103. The molecule has 0 saturated heterocycles. The van der Waals surface area contributed by atoms with Gasteiger partial charge in [-0.15, -0.1) is 0 Å². The molecule has 0 saturated carbocycles. The summed E-state index contributed by atoms with van der Waals surface area (Å²) in [5.74, 6) is -4.22. The van der Waals surface area contributed by atoms with Gasteiger partial charge in [-0.05, 0) is 37.1 Å². The molecule has 1 aromatic carbocycles. The Labute approximate surface area is 164 Å². The number of H-pyrrole nitrogens is 1. The Bertz CT molecular complexity index is 1410. The fraction of sp³-hybridized carbons (Fsp3) is 0.222. The number of halogens is 2. The van der Waals surface area contributed by atoms with Gasteiger partial charge in [0.05, 0.1) is 17.0 Å². The Kier molecular flexibility index (Phi) is 3.09. The van der Waals surface area contributed by atoms with Crippen LogP contribution in [0.15, 0.2) is 30.6 Å². The van der Waals surface area contributed by atoms with E-state index < -0.39 is 57.6 Å². The van der Waals surface area contributed by atoms with Crippen molar-refractivity contribution in [2.45, 2.75) is 20.1 Å². The zero-order valence-electron chi connectivity index (χ0n) is 20.7. The summed E-state index contributed by atoms with van der Waals surface area (Å²) < 4.78 is 108. The Morgan fingerprint density at radius 2 is 2.19 bits per heavy atom. The first kappa shape index (κ1) is 11.8. The van der Waals surface area contributed by atoms with Crippen LogP contribution < -0.4 is 4.72 Å². The van der Waals surface area contributed by atoms with E-state index in [9.17, 15) is 17.6 Å². The van der Waals surface area contributed by atoms with Crippen molar-refractivity contribution < 1.29 is 31.6 Å². The molecule has 0 fully saturated rings. The van der Waals surface area contributed by atoms with Crippen molar-refractivity contribution >= 4 is 32.5 Å². The molecular formula is C18H17F2N3O3S. The average molecular weight is 400 g/mol. The van der Waals surface area contributed by atoms with Gasteiger partial charge in [-0.2, -0.15) is 0 Å². The van der Waals surface area contributed by atoms with Crippen LogP contribution in [0.1, 0.15) is 44.3 Å². The van der Waals surface area contributed by atoms with Gasteiger partial charge in [-0.25, -0.2) is 22.2 Å². The molecule has 9 heteroatoms. The van der Waals surface area contributed by atoms with E-state index in [0.717, 1.165) is 0 Å². The van der Waals surface area contributed by atoms with Crippen LogP contribution >= 0.6 is 0 Å². The van der Waals surface area contributed by atoms with Gasteiger partial charge < -0.3 is 4.98 Å². The van der Waals surface area contributed by atoms with E-state index >= 15 is 4.39 Å². The highest BCUT2D eigenvalue weighted by atomic mass is 32.2. The quantitative estimate of drug-likeness (QED) is 0.619. The number of nitrogens with zero attached hydrogens (tertiary/aromatic N) is 1. The molecule has 3 rings (SSSR count). The lowest BCUT2D eigenvalue weighted by Gasteiger charge is -2.11. The molecule has 2 N–H and O–H groups in total. The second kappa shape index (κ2) is 7.07. The summed E-state index contributed by atoms with van der Waals surface area (Å²) in [4.78, 5) is 19.7. The minimum absolute atomic E-state index is 0.168. The van der Waals surface area contributed by atoms with Crippen LogP contribution in [0, 0.1) is 18.6 Å². The molecule has 0 amide bonds. The van der Waals surface area contributed by atoms with Gasteiger partial charge in [0.1, 0.15) is 11.5 Å². The Morgan fingerprint density at radius 3 is 2.93 bits per heavy atom. The fourth-order valence-corrected chi connectivity index (χ4v) is 3.14. The number of aromatic nitrogens is 2. The maximum Gasteiger partial charge on any atom is 0.232 e. The number of aromatic amines is 1. The average Bonchev–Trinajstić information content (AvgIpc) is 3.12. The van der Waals surface area contributed by atoms with Gasteiger partial charge in [0.25, 0.3) is 0 Å². The van der Waals surface area contributed by atoms with Crippen LogP contribution in [0.2, 0.25) is 0 Å². The molecule has 0 radical (unpaired) electrons.